The molecule has 8 heteroatoms. The highest BCUT2D eigenvalue weighted by Gasteiger charge is 2.43. The monoisotopic (exact) mass is 486 g/mol. The lowest BCUT2D eigenvalue weighted by Crippen LogP contribution is -2.53. The molecule has 1 spiro atoms. The van der Waals surface area contributed by atoms with Crippen LogP contribution in [0.2, 0.25) is 0 Å². The molecule has 4 aliphatic rings. The van der Waals surface area contributed by atoms with Gasteiger partial charge in [-0.3, -0.25) is 0 Å². The zero-order chi connectivity index (χ0) is 26.3. The summed E-state index contributed by atoms with van der Waals surface area (Å²) >= 11 is 0. The molecule has 34 heavy (non-hydrogen) atoms. The number of ether oxygens (including phenoxy) is 2. The van der Waals surface area contributed by atoms with E-state index in [4.69, 9.17) is 9.47 Å². The second kappa shape index (κ2) is 17.0. The van der Waals surface area contributed by atoms with Gasteiger partial charge in [0, 0.05) is 46.2 Å². The van der Waals surface area contributed by atoms with E-state index >= 15 is 0 Å². The number of carbonyl (C=O) groups is 2. The molecular weight excluding hydrogens is 432 g/mol. The summed E-state index contributed by atoms with van der Waals surface area (Å²) in [6, 6.07) is 0.470. The summed E-state index contributed by atoms with van der Waals surface area (Å²) in [5.74, 6) is 1.33. The van der Waals surface area contributed by atoms with E-state index in [9.17, 15) is 9.59 Å². The number of piperidine rings is 1. The molecule has 202 valence electrons. The molecule has 3 aliphatic heterocycles. The van der Waals surface area contributed by atoms with Crippen molar-refractivity contribution in [2.45, 2.75) is 85.3 Å². The van der Waals surface area contributed by atoms with E-state index in [0.717, 1.165) is 45.4 Å². The Bertz CT molecular complexity index is 561. The number of amides is 2. The standard InChI is InChI=1S/C11H21N3O.C9H15NO3.3C2H6/c1-13(2)11(15)12-10-8-4-5-9(10)7-14(3)6-8;1-10-5-2-3-9(4-6-10)7-12-8(11)13-9;3*1-2/h8-10H,4-7H2,1-3H3,(H,12,15);2-7H2,1H3;3*1-2H3/t8-,9?,10?;;;;/m0..../s1. The molecule has 0 aromatic carbocycles. The number of cyclic esters (lactones) is 1. The van der Waals surface area contributed by atoms with Crippen LogP contribution in [0.5, 0.6) is 0 Å². The molecule has 0 aromatic heterocycles. The van der Waals surface area contributed by atoms with Crippen LogP contribution in [0.25, 0.3) is 0 Å². The lowest BCUT2D eigenvalue weighted by molar-refractivity contribution is 0.0450. The third-order valence-corrected chi connectivity index (χ3v) is 6.59. The first kappa shape index (κ1) is 32.5. The quantitative estimate of drug-likeness (QED) is 0.542. The molecule has 0 radical (unpaired) electrons. The number of urea groups is 1. The van der Waals surface area contributed by atoms with E-state index in [2.05, 4.69) is 29.2 Å². The van der Waals surface area contributed by atoms with Gasteiger partial charge in [0.25, 0.3) is 0 Å². The summed E-state index contributed by atoms with van der Waals surface area (Å²) in [5, 5.41) is 3.16. The predicted octanol–water partition coefficient (Wildman–Crippen LogP) is 4.68. The van der Waals surface area contributed by atoms with Crippen molar-refractivity contribution in [3.8, 4) is 0 Å². The van der Waals surface area contributed by atoms with E-state index in [1.165, 1.54) is 12.8 Å². The van der Waals surface area contributed by atoms with Crippen molar-refractivity contribution in [3.05, 3.63) is 0 Å². The molecule has 2 bridgehead atoms. The minimum atomic E-state index is -0.496. The van der Waals surface area contributed by atoms with Gasteiger partial charge in [0.05, 0.1) is 0 Å². The largest absolute Gasteiger partial charge is 0.509 e. The smallest absolute Gasteiger partial charge is 0.430 e. The van der Waals surface area contributed by atoms with E-state index in [-0.39, 0.29) is 11.6 Å². The van der Waals surface area contributed by atoms with Gasteiger partial charge in [0.15, 0.2) is 5.60 Å². The summed E-state index contributed by atoms with van der Waals surface area (Å²) < 4.78 is 10.1. The van der Waals surface area contributed by atoms with Crippen molar-refractivity contribution in [3.63, 3.8) is 0 Å². The van der Waals surface area contributed by atoms with Crippen molar-refractivity contribution in [2.24, 2.45) is 11.8 Å². The number of rotatable bonds is 1. The van der Waals surface area contributed by atoms with Crippen molar-refractivity contribution in [1.29, 1.82) is 0 Å². The molecule has 3 saturated heterocycles. The topological polar surface area (TPSA) is 74.4 Å². The van der Waals surface area contributed by atoms with Crippen molar-refractivity contribution in [1.82, 2.24) is 20.0 Å². The minimum absolute atomic E-state index is 0.0569. The molecule has 4 rings (SSSR count). The number of carbonyl (C=O) groups excluding carboxylic acids is 2. The molecule has 0 aromatic rings. The first-order chi connectivity index (χ1) is 16.3. The summed E-state index contributed by atoms with van der Waals surface area (Å²) in [5.41, 5.74) is -0.304. The van der Waals surface area contributed by atoms with Crippen LogP contribution in [0, 0.1) is 11.8 Å². The highest BCUT2D eigenvalue weighted by Crippen LogP contribution is 2.36. The molecular formula is C26H54N4O4. The van der Waals surface area contributed by atoms with Crippen LogP contribution in [-0.4, -0.2) is 99.5 Å². The minimum Gasteiger partial charge on any atom is -0.430 e. The average molecular weight is 487 g/mol. The fraction of sp³-hybridized carbons (Fsp3) is 0.923. The second-order valence-electron chi connectivity index (χ2n) is 9.17. The Kier molecular flexibility index (Phi) is 16.2. The first-order valence-corrected chi connectivity index (χ1v) is 13.5. The third kappa shape index (κ3) is 9.98. The Morgan fingerprint density at radius 2 is 1.50 bits per heavy atom. The molecule has 1 saturated carbocycles. The van der Waals surface area contributed by atoms with Crippen LogP contribution in [-0.2, 0) is 9.47 Å². The summed E-state index contributed by atoms with van der Waals surface area (Å²) in [7, 11) is 7.87. The fourth-order valence-corrected chi connectivity index (χ4v) is 4.94. The SMILES string of the molecule is CC.CC.CC.CN1CC2CC[C@@H](C1)C2NC(=O)N(C)C.CN1CCCC2(CC1)COC(=O)O2. The van der Waals surface area contributed by atoms with Crippen LogP contribution in [0.1, 0.15) is 73.6 Å². The van der Waals surface area contributed by atoms with Gasteiger partial charge in [-0.25, -0.2) is 9.59 Å². The first-order valence-electron chi connectivity index (χ1n) is 13.5. The normalized spacial score (nSPS) is 29.7. The van der Waals surface area contributed by atoms with Crippen molar-refractivity contribution < 1.29 is 19.1 Å². The van der Waals surface area contributed by atoms with Crippen LogP contribution in [0.15, 0.2) is 0 Å². The lowest BCUT2D eigenvalue weighted by Gasteiger charge is -2.36. The maximum Gasteiger partial charge on any atom is 0.509 e. The highest BCUT2D eigenvalue weighted by atomic mass is 16.8. The van der Waals surface area contributed by atoms with Crippen LogP contribution in [0.4, 0.5) is 9.59 Å². The zero-order valence-electron chi connectivity index (χ0n) is 23.8. The Hall–Kier alpha value is -1.54. The average Bonchev–Trinajstić information content (AvgIpc) is 3.24. The maximum atomic E-state index is 11.6. The number of nitrogens with zero attached hydrogens (tertiary/aromatic N) is 3. The van der Waals surface area contributed by atoms with Gasteiger partial charge < -0.3 is 29.5 Å². The highest BCUT2D eigenvalue weighted by molar-refractivity contribution is 5.74. The Morgan fingerprint density at radius 1 is 0.941 bits per heavy atom. The molecule has 1 N–H and O–H groups in total. The van der Waals surface area contributed by atoms with Crippen molar-refractivity contribution in [2.75, 3.05) is 61.0 Å². The molecule has 4 atom stereocenters. The van der Waals surface area contributed by atoms with E-state index < -0.39 is 6.16 Å². The van der Waals surface area contributed by atoms with Crippen LogP contribution >= 0.6 is 0 Å². The Morgan fingerprint density at radius 3 is 1.97 bits per heavy atom. The molecule has 3 heterocycles. The summed E-state index contributed by atoms with van der Waals surface area (Å²) in [4.78, 5) is 28.7. The summed E-state index contributed by atoms with van der Waals surface area (Å²) in [6.07, 6.45) is 4.95. The van der Waals surface area contributed by atoms with Gasteiger partial charge in [0.1, 0.15) is 6.61 Å². The van der Waals surface area contributed by atoms with Crippen molar-refractivity contribution >= 4 is 12.2 Å². The van der Waals surface area contributed by atoms with Gasteiger partial charge in [-0.05, 0) is 58.2 Å². The van der Waals surface area contributed by atoms with Crippen LogP contribution < -0.4 is 5.32 Å². The number of hydrogen-bond acceptors (Lipinski definition) is 6. The number of likely N-dealkylation sites (tertiary alicyclic amines) is 2. The summed E-state index contributed by atoms with van der Waals surface area (Å²) in [6.45, 7) is 16.8. The molecule has 3 unspecified atom stereocenters. The Labute approximate surface area is 209 Å². The molecule has 1 aliphatic carbocycles. The Balaban J connectivity index is 0.000000529. The fourth-order valence-electron chi connectivity index (χ4n) is 4.94. The molecule has 2 amide bonds. The third-order valence-electron chi connectivity index (χ3n) is 6.59. The van der Waals surface area contributed by atoms with E-state index in [0.29, 0.717) is 24.5 Å². The van der Waals surface area contributed by atoms with Crippen LogP contribution in [0.3, 0.4) is 0 Å². The van der Waals surface area contributed by atoms with Gasteiger partial charge in [-0.1, -0.05) is 41.5 Å². The van der Waals surface area contributed by atoms with E-state index in [1.54, 1.807) is 19.0 Å². The van der Waals surface area contributed by atoms with Gasteiger partial charge in [-0.15, -0.1) is 0 Å². The van der Waals surface area contributed by atoms with E-state index in [1.807, 2.05) is 41.5 Å². The number of hydrogen-bond donors (Lipinski definition) is 1. The van der Waals surface area contributed by atoms with Gasteiger partial charge in [0.2, 0.25) is 0 Å². The maximum absolute atomic E-state index is 11.6. The predicted molar refractivity (Wildman–Crippen MR) is 140 cm³/mol. The number of nitrogens with one attached hydrogen (secondary N) is 1. The lowest BCUT2D eigenvalue weighted by atomic mass is 9.93. The second-order valence-corrected chi connectivity index (χ2v) is 9.17. The van der Waals surface area contributed by atoms with Gasteiger partial charge in [-0.2, -0.15) is 0 Å². The molecule has 8 nitrogen and oxygen atoms in total. The van der Waals surface area contributed by atoms with Gasteiger partial charge >= 0.3 is 12.2 Å². The molecule has 4 fully saturated rings. The zero-order valence-corrected chi connectivity index (χ0v) is 23.8. The number of fused-ring (bicyclic) bond motifs is 2.